The second kappa shape index (κ2) is 7.50. The summed E-state index contributed by atoms with van der Waals surface area (Å²) in [5, 5.41) is 0.711. The average molecular weight is 354 g/mol. The Kier molecular flexibility index (Phi) is 5.16. The third kappa shape index (κ3) is 3.72. The normalized spacial score (nSPS) is 10.8. The van der Waals surface area contributed by atoms with Gasteiger partial charge in [0.2, 0.25) is 0 Å². The number of carbonyl (C=O) groups is 2. The van der Waals surface area contributed by atoms with Crippen molar-refractivity contribution < 1.29 is 9.59 Å². The number of nitrogens with one attached hydrogen (secondary N) is 1. The molecule has 0 bridgehead atoms. The monoisotopic (exact) mass is 354 g/mol. The topological polar surface area (TPSA) is 98.0 Å². The van der Waals surface area contributed by atoms with Crippen LogP contribution >= 0.6 is 11.3 Å². The number of benzene rings is 1. The van der Waals surface area contributed by atoms with E-state index in [1.807, 2.05) is 25.1 Å². The molecule has 1 amide bonds. The lowest BCUT2D eigenvalue weighted by Crippen LogP contribution is -2.30. The van der Waals surface area contributed by atoms with E-state index in [1.54, 1.807) is 18.5 Å². The van der Waals surface area contributed by atoms with Crippen LogP contribution in [0, 0.1) is 0 Å². The summed E-state index contributed by atoms with van der Waals surface area (Å²) in [5.41, 5.74) is 5.03. The highest BCUT2D eigenvalue weighted by atomic mass is 32.1. The second-order valence-electron chi connectivity index (χ2n) is 5.66. The lowest BCUT2D eigenvalue weighted by Gasteiger charge is -2.05. The number of nitrogens with two attached hydrogens (primary N) is 1. The van der Waals surface area contributed by atoms with E-state index in [1.165, 1.54) is 11.3 Å². The van der Waals surface area contributed by atoms with Crippen molar-refractivity contribution in [2.45, 2.75) is 26.2 Å². The van der Waals surface area contributed by atoms with Crippen LogP contribution in [0.25, 0.3) is 21.3 Å². The number of thiazole rings is 1. The summed E-state index contributed by atoms with van der Waals surface area (Å²) in [5.74, 6) is 5.10. The van der Waals surface area contributed by atoms with E-state index in [-0.39, 0.29) is 11.7 Å². The molecule has 128 valence electrons. The number of nitrogen functional groups attached to an aromatic ring is 1. The molecule has 2 aromatic heterocycles. The number of carbonyl (C=O) groups excluding carboxylic acids is 2. The fraction of sp³-hybridized carbons (Fsp3) is 0.222. The molecule has 0 aliphatic rings. The molecule has 2 heterocycles. The Bertz CT molecular complexity index is 921. The number of ketones is 1. The van der Waals surface area contributed by atoms with Crippen LogP contribution < -0.4 is 11.3 Å². The summed E-state index contributed by atoms with van der Waals surface area (Å²) >= 11 is 1.36. The molecule has 0 radical (unpaired) electrons. The molecule has 0 aliphatic heterocycles. The Morgan fingerprint density at radius 2 is 2.12 bits per heavy atom. The maximum absolute atomic E-state index is 12.2. The largest absolute Gasteiger partial charge is 0.299 e. The molecule has 0 spiro atoms. The second-order valence-corrected chi connectivity index (χ2v) is 6.74. The summed E-state index contributed by atoms with van der Waals surface area (Å²) in [7, 11) is 0. The number of nitrogens with zero attached hydrogens (tertiary/aromatic N) is 2. The van der Waals surface area contributed by atoms with Crippen molar-refractivity contribution in [2.75, 3.05) is 0 Å². The highest BCUT2D eigenvalue weighted by Crippen LogP contribution is 2.31. The summed E-state index contributed by atoms with van der Waals surface area (Å²) in [6, 6.07) is 7.43. The van der Waals surface area contributed by atoms with Crippen molar-refractivity contribution in [3.63, 3.8) is 0 Å². The molecule has 0 fully saturated rings. The number of rotatable bonds is 6. The number of amides is 1. The van der Waals surface area contributed by atoms with E-state index < -0.39 is 0 Å². The van der Waals surface area contributed by atoms with Gasteiger partial charge in [0.15, 0.2) is 0 Å². The number of aromatic nitrogens is 2. The Morgan fingerprint density at radius 1 is 1.28 bits per heavy atom. The van der Waals surface area contributed by atoms with Crippen molar-refractivity contribution in [3.05, 3.63) is 47.2 Å². The van der Waals surface area contributed by atoms with E-state index in [0.717, 1.165) is 22.2 Å². The van der Waals surface area contributed by atoms with Gasteiger partial charge in [0.25, 0.3) is 5.91 Å². The Hall–Kier alpha value is -2.64. The first-order valence-corrected chi connectivity index (χ1v) is 8.80. The number of pyridine rings is 1. The van der Waals surface area contributed by atoms with Crippen molar-refractivity contribution in [2.24, 2.45) is 5.84 Å². The fourth-order valence-corrected chi connectivity index (χ4v) is 3.72. The van der Waals surface area contributed by atoms with Crippen LogP contribution in [-0.2, 0) is 11.2 Å². The van der Waals surface area contributed by atoms with Gasteiger partial charge >= 0.3 is 0 Å². The smallest absolute Gasteiger partial charge is 0.266 e. The maximum atomic E-state index is 12.2. The lowest BCUT2D eigenvalue weighted by molar-refractivity contribution is -0.118. The molecule has 0 unspecified atom stereocenters. The average Bonchev–Trinajstić information content (AvgIpc) is 3.03. The molecule has 3 aromatic rings. The molecule has 0 atom stereocenters. The number of Topliss-reactive ketones (excluding diaryl/α,β-unsaturated/α-hetero) is 1. The molecule has 7 heteroatoms. The van der Waals surface area contributed by atoms with Gasteiger partial charge in [0, 0.05) is 24.4 Å². The van der Waals surface area contributed by atoms with Gasteiger partial charge in [-0.2, -0.15) is 0 Å². The summed E-state index contributed by atoms with van der Waals surface area (Å²) in [6.45, 7) is 1.97. The third-order valence-corrected chi connectivity index (χ3v) is 4.89. The molecule has 6 nitrogen and oxygen atoms in total. The molecule has 25 heavy (non-hydrogen) atoms. The number of hydrogen-bond acceptors (Lipinski definition) is 6. The first-order chi connectivity index (χ1) is 12.1. The zero-order valence-electron chi connectivity index (χ0n) is 13.8. The molecular weight excluding hydrogens is 336 g/mol. The van der Waals surface area contributed by atoms with Crippen molar-refractivity contribution in [1.82, 2.24) is 15.4 Å². The maximum Gasteiger partial charge on any atom is 0.266 e. The van der Waals surface area contributed by atoms with Crippen LogP contribution in [-0.4, -0.2) is 21.7 Å². The van der Waals surface area contributed by atoms with E-state index in [2.05, 4.69) is 15.4 Å². The minimum Gasteiger partial charge on any atom is -0.299 e. The first kappa shape index (κ1) is 17.2. The molecule has 3 N–H and O–H groups in total. The summed E-state index contributed by atoms with van der Waals surface area (Å²) < 4.78 is 0.731. The predicted molar refractivity (Wildman–Crippen MR) is 98.1 cm³/mol. The van der Waals surface area contributed by atoms with E-state index in [0.29, 0.717) is 28.9 Å². The van der Waals surface area contributed by atoms with Gasteiger partial charge in [-0.1, -0.05) is 13.0 Å². The van der Waals surface area contributed by atoms with Gasteiger partial charge in [0.1, 0.15) is 10.8 Å². The third-order valence-electron chi connectivity index (χ3n) is 3.78. The van der Waals surface area contributed by atoms with Crippen LogP contribution in [0.5, 0.6) is 0 Å². The predicted octanol–water partition coefficient (Wildman–Crippen LogP) is 2.87. The van der Waals surface area contributed by atoms with Gasteiger partial charge in [-0.15, -0.1) is 11.3 Å². The van der Waals surface area contributed by atoms with Crippen LogP contribution in [0.4, 0.5) is 0 Å². The molecule has 0 aliphatic carbocycles. The fourth-order valence-electron chi connectivity index (χ4n) is 2.64. The van der Waals surface area contributed by atoms with E-state index in [4.69, 9.17) is 5.84 Å². The van der Waals surface area contributed by atoms with Crippen molar-refractivity contribution in [3.8, 4) is 11.1 Å². The first-order valence-electron chi connectivity index (χ1n) is 7.99. The SMILES string of the molecule is CCCC(=O)Cc1nc2cc(-c3cccnc3)cc(C(=O)NN)c2s1. The zero-order chi connectivity index (χ0) is 17.8. The van der Waals surface area contributed by atoms with E-state index >= 15 is 0 Å². The highest BCUT2D eigenvalue weighted by Gasteiger charge is 2.17. The van der Waals surface area contributed by atoms with Gasteiger partial charge < -0.3 is 0 Å². The molecule has 0 saturated heterocycles. The quantitative estimate of drug-likeness (QED) is 0.403. The van der Waals surface area contributed by atoms with Crippen molar-refractivity contribution >= 4 is 33.2 Å². The molecule has 0 saturated carbocycles. The van der Waals surface area contributed by atoms with Crippen LogP contribution in [0.15, 0.2) is 36.7 Å². The Morgan fingerprint density at radius 3 is 2.80 bits per heavy atom. The summed E-state index contributed by atoms with van der Waals surface area (Å²) in [4.78, 5) is 32.8. The van der Waals surface area contributed by atoms with Gasteiger partial charge in [-0.3, -0.25) is 20.0 Å². The number of hydrazine groups is 1. The van der Waals surface area contributed by atoms with Gasteiger partial charge in [0.05, 0.1) is 22.2 Å². The standard InChI is InChI=1S/C18H18N4O2S/c1-2-4-13(23)9-16-21-15-8-12(11-5-3-6-20-10-11)7-14(17(15)25-16)18(24)22-19/h3,5-8,10H,2,4,9,19H2,1H3,(H,22,24). The van der Waals surface area contributed by atoms with Gasteiger partial charge in [-0.25, -0.2) is 10.8 Å². The number of hydrogen-bond donors (Lipinski definition) is 2. The lowest BCUT2D eigenvalue weighted by atomic mass is 10.0. The van der Waals surface area contributed by atoms with Crippen LogP contribution in [0.3, 0.4) is 0 Å². The minimum atomic E-state index is -0.383. The molecule has 3 rings (SSSR count). The van der Waals surface area contributed by atoms with E-state index in [9.17, 15) is 9.59 Å². The van der Waals surface area contributed by atoms with Gasteiger partial charge in [-0.05, 0) is 30.2 Å². The zero-order valence-corrected chi connectivity index (χ0v) is 14.6. The summed E-state index contributed by atoms with van der Waals surface area (Å²) in [6.07, 6.45) is 5.06. The van der Waals surface area contributed by atoms with Crippen molar-refractivity contribution in [1.29, 1.82) is 0 Å². The number of fused-ring (bicyclic) bond motifs is 1. The molecule has 1 aromatic carbocycles. The minimum absolute atomic E-state index is 0.152. The highest BCUT2D eigenvalue weighted by molar-refractivity contribution is 7.19. The van der Waals surface area contributed by atoms with Crippen LogP contribution in [0.1, 0.15) is 35.1 Å². The Balaban J connectivity index is 2.10. The molecular formula is C18H18N4O2S. The van der Waals surface area contributed by atoms with Crippen LogP contribution in [0.2, 0.25) is 0 Å². The Labute approximate surface area is 149 Å².